The second-order valence-electron chi connectivity index (χ2n) is 4.30. The molecule has 1 aromatic carbocycles. The second-order valence-corrected chi connectivity index (χ2v) is 4.30. The molecule has 0 spiro atoms. The molecule has 3 aromatic heterocycles. The van der Waals surface area contributed by atoms with Crippen LogP contribution in [-0.2, 0) is 0 Å². The molecule has 0 bridgehead atoms. The van der Waals surface area contributed by atoms with Crippen LogP contribution in [-0.4, -0.2) is 27.2 Å². The van der Waals surface area contributed by atoms with E-state index in [4.69, 9.17) is 0 Å². The number of rotatable bonds is 0. The summed E-state index contributed by atoms with van der Waals surface area (Å²) in [7, 11) is 1.97. The Bertz CT molecular complexity index is 897. The van der Waals surface area contributed by atoms with E-state index < -0.39 is 0 Å². The molecule has 3 heterocycles. The van der Waals surface area contributed by atoms with E-state index in [1.807, 2.05) is 38.2 Å². The Labute approximate surface area is 104 Å². The van der Waals surface area contributed by atoms with Crippen molar-refractivity contribution < 1.29 is 0 Å². The summed E-state index contributed by atoms with van der Waals surface area (Å²) < 4.78 is 2.12. The predicted molar refractivity (Wildman–Crippen MR) is 74.0 cm³/mol. The third-order valence-electron chi connectivity index (χ3n) is 3.16. The highest BCUT2D eigenvalue weighted by Gasteiger charge is 2.10. The Balaban J connectivity index is 2.41. The molecule has 5 heteroatoms. The maximum Gasteiger partial charge on any atom is 0.176 e. The van der Waals surface area contributed by atoms with Crippen LogP contribution in [0.15, 0.2) is 42.6 Å². The van der Waals surface area contributed by atoms with Crippen molar-refractivity contribution in [2.45, 2.75) is 0 Å². The Morgan fingerprint density at radius 1 is 0.944 bits per heavy atom. The summed E-state index contributed by atoms with van der Waals surface area (Å²) in [4.78, 5) is 13.5. The fraction of sp³-hybridized carbons (Fsp3) is 0. The van der Waals surface area contributed by atoms with Crippen LogP contribution in [0.3, 0.4) is 0 Å². The normalized spacial score (nSPS) is 11.6. The predicted octanol–water partition coefficient (Wildman–Crippen LogP) is 0.689. The van der Waals surface area contributed by atoms with Gasteiger partial charge in [-0.05, 0) is 24.3 Å². The van der Waals surface area contributed by atoms with E-state index >= 15 is 0 Å². The van der Waals surface area contributed by atoms with Crippen molar-refractivity contribution in [3.63, 3.8) is 0 Å². The summed E-state index contributed by atoms with van der Waals surface area (Å²) in [6.07, 6.45) is 1.76. The topological polar surface area (TPSA) is 43.1 Å². The molecule has 0 unspecified atom stereocenters. The van der Waals surface area contributed by atoms with Gasteiger partial charge in [0.05, 0.1) is 16.6 Å². The van der Waals surface area contributed by atoms with E-state index in [-0.39, 0.29) is 0 Å². The Hall–Kier alpha value is -2.43. The SMILES string of the molecule is Bc1nc2ncccc2n2c1nc1ccccc12. The molecule has 0 saturated carbocycles. The van der Waals surface area contributed by atoms with E-state index in [9.17, 15) is 0 Å². The summed E-state index contributed by atoms with van der Waals surface area (Å²) in [5, 5.41) is 0. The van der Waals surface area contributed by atoms with Crippen LogP contribution in [0.2, 0.25) is 0 Å². The summed E-state index contributed by atoms with van der Waals surface area (Å²) >= 11 is 0. The van der Waals surface area contributed by atoms with Gasteiger partial charge in [-0.15, -0.1) is 0 Å². The number of pyridine rings is 1. The standard InChI is InChI=1S/C13H9BN4/c14-11-13-16-8-4-1-2-5-9(8)18(13)10-6-3-7-15-12(10)17-11/h1-7H,14H2. The summed E-state index contributed by atoms with van der Waals surface area (Å²) in [6, 6.07) is 12.1. The van der Waals surface area contributed by atoms with Crippen LogP contribution in [0.1, 0.15) is 0 Å². The van der Waals surface area contributed by atoms with Crippen molar-refractivity contribution in [2.75, 3.05) is 0 Å². The number of nitrogens with zero attached hydrogens (tertiary/aromatic N) is 4. The average molecular weight is 232 g/mol. The van der Waals surface area contributed by atoms with Crippen molar-refractivity contribution in [1.29, 1.82) is 0 Å². The lowest BCUT2D eigenvalue weighted by atomic mass is 10.1. The van der Waals surface area contributed by atoms with Crippen LogP contribution in [0.5, 0.6) is 0 Å². The number of hydrogen-bond acceptors (Lipinski definition) is 3. The van der Waals surface area contributed by atoms with Gasteiger partial charge in [0, 0.05) is 11.8 Å². The minimum absolute atomic E-state index is 0.755. The highest BCUT2D eigenvalue weighted by atomic mass is 15.1. The number of benzene rings is 1. The molecule has 0 radical (unpaired) electrons. The summed E-state index contributed by atoms with van der Waals surface area (Å²) in [6.45, 7) is 0. The van der Waals surface area contributed by atoms with Gasteiger partial charge in [-0.2, -0.15) is 0 Å². The minimum atomic E-state index is 0.755. The third kappa shape index (κ3) is 1.13. The Kier molecular flexibility index (Phi) is 1.75. The van der Waals surface area contributed by atoms with Gasteiger partial charge >= 0.3 is 0 Å². The van der Waals surface area contributed by atoms with Gasteiger partial charge in [0.15, 0.2) is 13.5 Å². The molecule has 4 aromatic rings. The summed E-state index contributed by atoms with van der Waals surface area (Å²) in [5.74, 6) is 0. The molecule has 0 fully saturated rings. The molecule has 0 atom stereocenters. The second kappa shape index (κ2) is 3.29. The van der Waals surface area contributed by atoms with Gasteiger partial charge in [0.1, 0.15) is 5.65 Å². The number of fused-ring (bicyclic) bond motifs is 5. The first-order valence-corrected chi connectivity index (χ1v) is 5.83. The van der Waals surface area contributed by atoms with E-state index in [1.54, 1.807) is 6.20 Å². The number of aromatic nitrogens is 4. The monoisotopic (exact) mass is 232 g/mol. The number of imidazole rings is 1. The highest BCUT2D eigenvalue weighted by molar-refractivity contribution is 6.35. The quantitative estimate of drug-likeness (QED) is 0.419. The maximum atomic E-state index is 4.64. The fourth-order valence-corrected chi connectivity index (χ4v) is 2.37. The molecule has 0 N–H and O–H groups in total. The number of hydrogen-bond donors (Lipinski definition) is 0. The van der Waals surface area contributed by atoms with Crippen molar-refractivity contribution in [3.05, 3.63) is 42.6 Å². The zero-order valence-electron chi connectivity index (χ0n) is 9.83. The van der Waals surface area contributed by atoms with Gasteiger partial charge in [-0.25, -0.2) is 15.0 Å². The van der Waals surface area contributed by atoms with Gasteiger partial charge in [-0.3, -0.25) is 4.40 Å². The molecule has 0 aliphatic heterocycles. The van der Waals surface area contributed by atoms with Crippen LogP contribution in [0.25, 0.3) is 27.8 Å². The van der Waals surface area contributed by atoms with Crippen molar-refractivity contribution in [3.8, 4) is 0 Å². The van der Waals surface area contributed by atoms with Gasteiger partial charge in [0.2, 0.25) is 0 Å². The highest BCUT2D eigenvalue weighted by Crippen LogP contribution is 2.19. The average Bonchev–Trinajstić information content (AvgIpc) is 2.79. The van der Waals surface area contributed by atoms with Crippen LogP contribution in [0.4, 0.5) is 0 Å². The van der Waals surface area contributed by atoms with E-state index in [1.165, 1.54) is 0 Å². The largest absolute Gasteiger partial charge is 0.288 e. The van der Waals surface area contributed by atoms with E-state index in [0.29, 0.717) is 0 Å². The van der Waals surface area contributed by atoms with Crippen molar-refractivity contribution in [1.82, 2.24) is 19.4 Å². The molecule has 84 valence electrons. The lowest BCUT2D eigenvalue weighted by Gasteiger charge is -2.03. The minimum Gasteiger partial charge on any atom is -0.288 e. The van der Waals surface area contributed by atoms with Crippen molar-refractivity contribution >= 4 is 41.3 Å². The summed E-state index contributed by atoms with van der Waals surface area (Å²) in [5.41, 5.74) is 5.63. The first-order chi connectivity index (χ1) is 8.84. The molecule has 0 aliphatic carbocycles. The number of para-hydroxylation sites is 2. The molecule has 18 heavy (non-hydrogen) atoms. The third-order valence-corrected chi connectivity index (χ3v) is 3.16. The zero-order valence-corrected chi connectivity index (χ0v) is 9.83. The lowest BCUT2D eigenvalue weighted by molar-refractivity contribution is 1.22. The van der Waals surface area contributed by atoms with Gasteiger partial charge in [-0.1, -0.05) is 12.1 Å². The first-order valence-electron chi connectivity index (χ1n) is 5.83. The van der Waals surface area contributed by atoms with Crippen LogP contribution < -0.4 is 5.59 Å². The van der Waals surface area contributed by atoms with E-state index in [0.717, 1.165) is 33.4 Å². The Morgan fingerprint density at radius 3 is 2.72 bits per heavy atom. The smallest absolute Gasteiger partial charge is 0.176 e. The lowest BCUT2D eigenvalue weighted by Crippen LogP contribution is -2.14. The molecular formula is C13H9BN4. The molecular weight excluding hydrogens is 223 g/mol. The van der Waals surface area contributed by atoms with E-state index in [2.05, 4.69) is 25.4 Å². The molecule has 0 aliphatic rings. The molecule has 0 amide bonds. The molecule has 4 rings (SSSR count). The van der Waals surface area contributed by atoms with Gasteiger partial charge in [0.25, 0.3) is 0 Å². The Morgan fingerprint density at radius 2 is 1.78 bits per heavy atom. The van der Waals surface area contributed by atoms with Crippen molar-refractivity contribution in [2.24, 2.45) is 0 Å². The first kappa shape index (κ1) is 9.59. The maximum absolute atomic E-state index is 4.64. The van der Waals surface area contributed by atoms with Crippen LogP contribution in [0, 0.1) is 0 Å². The van der Waals surface area contributed by atoms with Crippen LogP contribution >= 0.6 is 0 Å². The fourth-order valence-electron chi connectivity index (χ4n) is 2.37. The van der Waals surface area contributed by atoms with Gasteiger partial charge < -0.3 is 0 Å². The molecule has 0 saturated heterocycles. The molecule has 4 nitrogen and oxygen atoms in total. The zero-order chi connectivity index (χ0) is 12.1.